The second kappa shape index (κ2) is 11.5. The number of hydrogen-bond donors (Lipinski definition) is 1. The summed E-state index contributed by atoms with van der Waals surface area (Å²) in [5, 5.41) is 13.9. The predicted molar refractivity (Wildman–Crippen MR) is 138 cm³/mol. The number of carbonyl (C=O) groups is 1. The predicted octanol–water partition coefficient (Wildman–Crippen LogP) is 4.85. The largest absolute Gasteiger partial charge is 0.497 e. The minimum absolute atomic E-state index is 0.0948. The van der Waals surface area contributed by atoms with Gasteiger partial charge in [0.25, 0.3) is 5.91 Å². The Hall–Kier alpha value is -3.82. The van der Waals surface area contributed by atoms with Crippen LogP contribution in [0, 0.1) is 0 Å². The van der Waals surface area contributed by atoms with E-state index in [4.69, 9.17) is 21.1 Å². The number of carbonyl (C=O) groups excluding carboxylic acids is 1. The Morgan fingerprint density at radius 2 is 1.83 bits per heavy atom. The summed E-state index contributed by atoms with van der Waals surface area (Å²) >= 11 is 7.33. The fourth-order valence-corrected chi connectivity index (χ4v) is 4.09. The van der Waals surface area contributed by atoms with Crippen LogP contribution in [0.2, 0.25) is 5.02 Å². The van der Waals surface area contributed by atoms with Crippen LogP contribution in [0.25, 0.3) is 17.1 Å². The molecule has 8 nitrogen and oxygen atoms in total. The molecule has 35 heavy (non-hydrogen) atoms. The summed E-state index contributed by atoms with van der Waals surface area (Å²) in [4.78, 5) is 12.5. The number of rotatable bonds is 9. The highest BCUT2D eigenvalue weighted by Gasteiger charge is 2.17. The van der Waals surface area contributed by atoms with E-state index in [0.29, 0.717) is 33.1 Å². The number of thioether (sulfide) groups is 1. The summed E-state index contributed by atoms with van der Waals surface area (Å²) in [7, 11) is 3.14. The van der Waals surface area contributed by atoms with Gasteiger partial charge in [-0.3, -0.25) is 9.36 Å². The van der Waals surface area contributed by atoms with E-state index >= 15 is 0 Å². The fraction of sp³-hybridized carbons (Fsp3) is 0.120. The zero-order valence-corrected chi connectivity index (χ0v) is 20.6. The number of amides is 1. The van der Waals surface area contributed by atoms with Crippen LogP contribution in [-0.4, -0.2) is 46.9 Å². The molecule has 0 aliphatic carbocycles. The van der Waals surface area contributed by atoms with E-state index in [1.165, 1.54) is 18.0 Å². The Labute approximate surface area is 211 Å². The van der Waals surface area contributed by atoms with Crippen LogP contribution in [0.15, 0.2) is 83.1 Å². The van der Waals surface area contributed by atoms with Crippen LogP contribution in [0.4, 0.5) is 0 Å². The lowest BCUT2D eigenvalue weighted by atomic mass is 10.2. The average Bonchev–Trinajstić information content (AvgIpc) is 3.32. The van der Waals surface area contributed by atoms with Crippen molar-refractivity contribution < 1.29 is 14.3 Å². The molecule has 0 saturated heterocycles. The highest BCUT2D eigenvalue weighted by atomic mass is 35.5. The van der Waals surface area contributed by atoms with Gasteiger partial charge in [-0.25, -0.2) is 5.43 Å². The van der Waals surface area contributed by atoms with Gasteiger partial charge in [0.2, 0.25) is 0 Å². The summed E-state index contributed by atoms with van der Waals surface area (Å²) in [6.07, 6.45) is 1.52. The number of aromatic nitrogens is 3. The molecule has 1 heterocycles. The molecule has 0 fully saturated rings. The third-order valence-corrected chi connectivity index (χ3v) is 6.10. The first-order chi connectivity index (χ1) is 17.1. The summed E-state index contributed by atoms with van der Waals surface area (Å²) in [6, 6.07) is 22.4. The smallest absolute Gasteiger partial charge is 0.250 e. The number of hydrogen-bond acceptors (Lipinski definition) is 7. The monoisotopic (exact) mass is 507 g/mol. The normalized spacial score (nSPS) is 10.9. The lowest BCUT2D eigenvalue weighted by Crippen LogP contribution is -2.20. The molecule has 178 valence electrons. The number of nitrogens with one attached hydrogen (secondary N) is 1. The molecule has 0 unspecified atom stereocenters. The average molecular weight is 508 g/mol. The van der Waals surface area contributed by atoms with E-state index in [0.717, 1.165) is 11.3 Å². The quantitative estimate of drug-likeness (QED) is 0.198. The van der Waals surface area contributed by atoms with E-state index < -0.39 is 0 Å². The molecule has 4 aromatic rings. The van der Waals surface area contributed by atoms with E-state index in [1.54, 1.807) is 44.6 Å². The molecule has 0 bridgehead atoms. The van der Waals surface area contributed by atoms with Gasteiger partial charge in [0.15, 0.2) is 11.0 Å². The van der Waals surface area contributed by atoms with Gasteiger partial charge in [-0.15, -0.1) is 10.2 Å². The van der Waals surface area contributed by atoms with Gasteiger partial charge in [0.05, 0.1) is 26.2 Å². The van der Waals surface area contributed by atoms with Gasteiger partial charge < -0.3 is 9.47 Å². The molecule has 0 spiro atoms. The van der Waals surface area contributed by atoms with Crippen molar-refractivity contribution in [2.75, 3.05) is 20.0 Å². The van der Waals surface area contributed by atoms with E-state index in [1.807, 2.05) is 47.0 Å². The maximum atomic E-state index is 12.5. The summed E-state index contributed by atoms with van der Waals surface area (Å²) in [5.41, 5.74) is 4.98. The molecule has 0 radical (unpaired) electrons. The van der Waals surface area contributed by atoms with E-state index in [9.17, 15) is 4.79 Å². The van der Waals surface area contributed by atoms with Gasteiger partial charge in [-0.05, 0) is 36.4 Å². The highest BCUT2D eigenvalue weighted by Crippen LogP contribution is 2.28. The van der Waals surface area contributed by atoms with Gasteiger partial charge in [-0.1, -0.05) is 53.7 Å². The minimum atomic E-state index is -0.286. The number of benzene rings is 3. The fourth-order valence-electron chi connectivity index (χ4n) is 3.22. The van der Waals surface area contributed by atoms with Crippen molar-refractivity contribution in [1.29, 1.82) is 0 Å². The first kappa shape index (κ1) is 24.3. The Kier molecular flexibility index (Phi) is 8.02. The van der Waals surface area contributed by atoms with E-state index in [-0.39, 0.29) is 11.7 Å². The molecule has 0 saturated carbocycles. The summed E-state index contributed by atoms with van der Waals surface area (Å²) < 4.78 is 12.4. The maximum absolute atomic E-state index is 12.5. The van der Waals surface area contributed by atoms with Crippen molar-refractivity contribution in [3.8, 4) is 28.6 Å². The first-order valence-electron chi connectivity index (χ1n) is 10.5. The number of nitrogens with zero attached hydrogens (tertiary/aromatic N) is 4. The van der Waals surface area contributed by atoms with Gasteiger partial charge >= 0.3 is 0 Å². The zero-order valence-electron chi connectivity index (χ0n) is 19.0. The Bertz CT molecular complexity index is 1330. The van der Waals surface area contributed by atoms with Crippen molar-refractivity contribution in [3.05, 3.63) is 83.4 Å². The molecule has 0 aliphatic heterocycles. The van der Waals surface area contributed by atoms with Crippen molar-refractivity contribution in [2.45, 2.75) is 5.16 Å². The topological polar surface area (TPSA) is 90.6 Å². The Morgan fingerprint density at radius 3 is 2.54 bits per heavy atom. The molecule has 10 heteroatoms. The molecule has 1 amide bonds. The van der Waals surface area contributed by atoms with Crippen LogP contribution in [0.5, 0.6) is 11.5 Å². The Morgan fingerprint density at radius 1 is 1.06 bits per heavy atom. The molecule has 1 aromatic heterocycles. The number of hydrazone groups is 1. The zero-order chi connectivity index (χ0) is 24.6. The van der Waals surface area contributed by atoms with Crippen molar-refractivity contribution in [2.24, 2.45) is 5.10 Å². The van der Waals surface area contributed by atoms with Crippen LogP contribution >= 0.6 is 23.4 Å². The van der Waals surface area contributed by atoms with Crippen LogP contribution in [0.3, 0.4) is 0 Å². The molecule has 4 rings (SSSR count). The molecular formula is C25H22ClN5O3S. The highest BCUT2D eigenvalue weighted by molar-refractivity contribution is 7.99. The van der Waals surface area contributed by atoms with Crippen LogP contribution in [-0.2, 0) is 4.79 Å². The minimum Gasteiger partial charge on any atom is -0.497 e. The molecule has 3 aromatic carbocycles. The summed E-state index contributed by atoms with van der Waals surface area (Å²) in [5.74, 6) is 1.73. The molecule has 0 aliphatic rings. The third-order valence-electron chi connectivity index (χ3n) is 4.92. The molecule has 0 atom stereocenters. The van der Waals surface area contributed by atoms with Gasteiger partial charge in [-0.2, -0.15) is 5.10 Å². The van der Waals surface area contributed by atoms with E-state index in [2.05, 4.69) is 20.7 Å². The Balaban J connectivity index is 1.48. The summed E-state index contributed by atoms with van der Waals surface area (Å²) in [6.45, 7) is 0. The number of methoxy groups -OCH3 is 2. The molecular weight excluding hydrogens is 486 g/mol. The number of ether oxygens (including phenoxy) is 2. The van der Waals surface area contributed by atoms with Crippen LogP contribution < -0.4 is 14.9 Å². The maximum Gasteiger partial charge on any atom is 0.250 e. The van der Waals surface area contributed by atoms with Crippen molar-refractivity contribution >= 4 is 35.5 Å². The van der Waals surface area contributed by atoms with Gasteiger partial charge in [0.1, 0.15) is 11.5 Å². The first-order valence-corrected chi connectivity index (χ1v) is 11.9. The van der Waals surface area contributed by atoms with Crippen molar-refractivity contribution in [3.63, 3.8) is 0 Å². The lowest BCUT2D eigenvalue weighted by molar-refractivity contribution is -0.118. The number of halogens is 1. The lowest BCUT2D eigenvalue weighted by Gasteiger charge is -2.10. The second-order valence-corrected chi connectivity index (χ2v) is 8.55. The SMILES string of the molecule is COc1ccc(/C=N/NC(=O)CSc2nnc(-c3ccccc3)n2-c2ccc(Cl)cc2)c(OC)c1. The third kappa shape index (κ3) is 6.00. The van der Waals surface area contributed by atoms with Gasteiger partial charge in [0, 0.05) is 27.9 Å². The second-order valence-electron chi connectivity index (χ2n) is 7.17. The standard InChI is InChI=1S/C25H22ClN5O3S/c1-33-21-13-8-18(22(14-21)34-2)15-27-28-23(32)16-35-25-30-29-24(17-6-4-3-5-7-17)31(25)20-11-9-19(26)10-12-20/h3-15H,16H2,1-2H3,(H,28,32)/b27-15+. The van der Waals surface area contributed by atoms with Crippen molar-refractivity contribution in [1.82, 2.24) is 20.2 Å². The molecule has 1 N–H and O–H groups in total. The van der Waals surface area contributed by atoms with Crippen LogP contribution in [0.1, 0.15) is 5.56 Å².